The third-order valence-corrected chi connectivity index (χ3v) is 6.11. The van der Waals surface area contributed by atoms with Crippen LogP contribution >= 0.6 is 0 Å². The average Bonchev–Trinajstić information content (AvgIpc) is 3.15. The van der Waals surface area contributed by atoms with E-state index in [9.17, 15) is 28.8 Å². The van der Waals surface area contributed by atoms with Crippen LogP contribution in [0.2, 0.25) is 0 Å². The number of ether oxygens (including phenoxy) is 5. The number of hydrogen-bond donors (Lipinski definition) is 0. The standard InChI is InChI=1S/C31H26O11/c1-15(32)38-22-8-6-20(7-9-22)29-28(21-10-23(39-16(2)33)12-24(11-21)40-17(3)34)30-26(31(29)37)13-25(41-18(4)35)14-27(30)42-19(5)36/h6-14,28-29H,1-5H3. The number of ketones is 1. The Morgan fingerprint density at radius 1 is 0.500 bits per heavy atom. The Bertz CT molecular complexity index is 1580. The lowest BCUT2D eigenvalue weighted by Gasteiger charge is -2.23. The van der Waals surface area contributed by atoms with Crippen LogP contribution in [0.4, 0.5) is 0 Å². The number of rotatable bonds is 7. The Hall–Kier alpha value is -5.32. The zero-order valence-corrected chi connectivity index (χ0v) is 23.3. The summed E-state index contributed by atoms with van der Waals surface area (Å²) < 4.78 is 26.4. The second-order valence-corrected chi connectivity index (χ2v) is 9.48. The van der Waals surface area contributed by atoms with Gasteiger partial charge in [0.05, 0.1) is 5.92 Å². The number of carbonyl (C=O) groups excluding carboxylic acids is 6. The summed E-state index contributed by atoms with van der Waals surface area (Å²) in [5, 5.41) is 0. The van der Waals surface area contributed by atoms with Gasteiger partial charge < -0.3 is 23.7 Å². The molecule has 3 aromatic rings. The molecule has 0 heterocycles. The van der Waals surface area contributed by atoms with E-state index in [0.29, 0.717) is 16.7 Å². The number of fused-ring (bicyclic) bond motifs is 1. The number of esters is 5. The Balaban J connectivity index is 1.99. The maximum absolute atomic E-state index is 14.1. The van der Waals surface area contributed by atoms with Crippen LogP contribution < -0.4 is 23.7 Å². The SMILES string of the molecule is CC(=O)Oc1ccc(C2C(=O)c3cc(OC(C)=O)cc(OC(C)=O)c3C2c2cc(OC(C)=O)cc(OC(C)=O)c2)cc1. The van der Waals surface area contributed by atoms with Crippen molar-refractivity contribution in [1.82, 2.24) is 0 Å². The van der Waals surface area contributed by atoms with E-state index in [1.807, 2.05) is 0 Å². The van der Waals surface area contributed by atoms with Crippen LogP contribution in [0.15, 0.2) is 54.6 Å². The van der Waals surface area contributed by atoms with Gasteiger partial charge in [0.25, 0.3) is 0 Å². The molecule has 2 atom stereocenters. The minimum atomic E-state index is -0.939. The van der Waals surface area contributed by atoms with Crippen LogP contribution in [-0.2, 0) is 24.0 Å². The van der Waals surface area contributed by atoms with Crippen LogP contribution in [0.3, 0.4) is 0 Å². The largest absolute Gasteiger partial charge is 0.427 e. The zero-order chi connectivity index (χ0) is 30.7. The molecular formula is C31H26O11. The lowest BCUT2D eigenvalue weighted by molar-refractivity contribution is -0.133. The van der Waals surface area contributed by atoms with Gasteiger partial charge in [-0.15, -0.1) is 0 Å². The minimum absolute atomic E-state index is 0.00952. The predicted octanol–water partition coefficient (Wildman–Crippen LogP) is 4.43. The molecule has 0 aliphatic heterocycles. The molecule has 1 aliphatic carbocycles. The summed E-state index contributed by atoms with van der Waals surface area (Å²) in [6.45, 7) is 6.04. The summed E-state index contributed by atoms with van der Waals surface area (Å²) in [5.74, 6) is -5.00. The van der Waals surface area contributed by atoms with Crippen LogP contribution in [0.1, 0.15) is 73.5 Å². The molecule has 0 N–H and O–H groups in total. The number of carbonyl (C=O) groups is 6. The molecule has 0 fully saturated rings. The van der Waals surface area contributed by atoms with Crippen molar-refractivity contribution in [3.05, 3.63) is 76.9 Å². The summed E-state index contributed by atoms with van der Waals surface area (Å²) >= 11 is 0. The summed E-state index contributed by atoms with van der Waals surface area (Å²) in [4.78, 5) is 73.0. The highest BCUT2D eigenvalue weighted by Crippen LogP contribution is 2.53. The normalized spacial score (nSPS) is 15.3. The molecule has 0 saturated carbocycles. The van der Waals surface area contributed by atoms with Crippen molar-refractivity contribution in [2.24, 2.45) is 0 Å². The van der Waals surface area contributed by atoms with Crippen molar-refractivity contribution >= 4 is 35.6 Å². The molecule has 216 valence electrons. The third-order valence-electron chi connectivity index (χ3n) is 6.11. The summed E-state index contributed by atoms with van der Waals surface area (Å²) in [6, 6.07) is 13.4. The molecule has 0 amide bonds. The Morgan fingerprint density at radius 2 is 0.952 bits per heavy atom. The monoisotopic (exact) mass is 574 g/mol. The van der Waals surface area contributed by atoms with Crippen molar-refractivity contribution in [3.63, 3.8) is 0 Å². The summed E-state index contributed by atoms with van der Waals surface area (Å²) in [5.41, 5.74) is 1.32. The van der Waals surface area contributed by atoms with Gasteiger partial charge in [-0.2, -0.15) is 0 Å². The van der Waals surface area contributed by atoms with Crippen LogP contribution in [0.25, 0.3) is 0 Å². The van der Waals surface area contributed by atoms with Gasteiger partial charge in [0.15, 0.2) is 5.78 Å². The van der Waals surface area contributed by atoms with E-state index in [1.54, 1.807) is 12.1 Å². The topological polar surface area (TPSA) is 149 Å². The fraction of sp³-hybridized carbons (Fsp3) is 0.226. The molecule has 0 saturated heterocycles. The maximum Gasteiger partial charge on any atom is 0.308 e. The first-order chi connectivity index (χ1) is 19.8. The fourth-order valence-corrected chi connectivity index (χ4v) is 4.91. The van der Waals surface area contributed by atoms with E-state index in [4.69, 9.17) is 23.7 Å². The van der Waals surface area contributed by atoms with Crippen LogP contribution in [-0.4, -0.2) is 35.6 Å². The van der Waals surface area contributed by atoms with E-state index in [0.717, 1.165) is 0 Å². The molecule has 0 spiro atoms. The van der Waals surface area contributed by atoms with Gasteiger partial charge in [-0.1, -0.05) is 12.1 Å². The van der Waals surface area contributed by atoms with E-state index in [-0.39, 0.29) is 34.3 Å². The van der Waals surface area contributed by atoms with Gasteiger partial charge >= 0.3 is 29.8 Å². The molecule has 0 radical (unpaired) electrons. The van der Waals surface area contributed by atoms with E-state index >= 15 is 0 Å². The van der Waals surface area contributed by atoms with Crippen molar-refractivity contribution in [2.75, 3.05) is 0 Å². The summed E-state index contributed by atoms with van der Waals surface area (Å²) in [7, 11) is 0. The van der Waals surface area contributed by atoms with E-state index in [2.05, 4.69) is 0 Å². The van der Waals surface area contributed by atoms with Crippen LogP contribution in [0, 0.1) is 0 Å². The van der Waals surface area contributed by atoms with E-state index < -0.39 is 47.5 Å². The predicted molar refractivity (Wildman–Crippen MR) is 145 cm³/mol. The lowest BCUT2D eigenvalue weighted by Crippen LogP contribution is -2.15. The number of benzene rings is 3. The molecule has 4 rings (SSSR count). The summed E-state index contributed by atoms with van der Waals surface area (Å²) in [6.07, 6.45) is 0. The molecule has 11 nitrogen and oxygen atoms in total. The van der Waals surface area contributed by atoms with Gasteiger partial charge in [-0.25, -0.2) is 0 Å². The first-order valence-electron chi connectivity index (χ1n) is 12.7. The zero-order valence-electron chi connectivity index (χ0n) is 23.3. The minimum Gasteiger partial charge on any atom is -0.427 e. The highest BCUT2D eigenvalue weighted by Gasteiger charge is 2.45. The highest BCUT2D eigenvalue weighted by atomic mass is 16.6. The quantitative estimate of drug-likeness (QED) is 0.291. The molecule has 0 aromatic heterocycles. The second kappa shape index (κ2) is 12.0. The van der Waals surface area contributed by atoms with Crippen molar-refractivity contribution in [3.8, 4) is 28.7 Å². The Morgan fingerprint density at radius 3 is 1.43 bits per heavy atom. The smallest absolute Gasteiger partial charge is 0.308 e. The van der Waals surface area contributed by atoms with Gasteiger partial charge in [-0.05, 0) is 41.5 Å². The lowest BCUT2D eigenvalue weighted by atomic mass is 9.81. The van der Waals surface area contributed by atoms with Crippen molar-refractivity contribution in [1.29, 1.82) is 0 Å². The Kier molecular flexibility index (Phi) is 8.51. The van der Waals surface area contributed by atoms with Crippen molar-refractivity contribution in [2.45, 2.75) is 46.5 Å². The molecular weight excluding hydrogens is 548 g/mol. The third kappa shape index (κ3) is 6.69. The molecule has 0 bridgehead atoms. The van der Waals surface area contributed by atoms with E-state index in [1.165, 1.54) is 77.1 Å². The average molecular weight is 575 g/mol. The van der Waals surface area contributed by atoms with Gasteiger partial charge in [-0.3, -0.25) is 28.8 Å². The number of Topliss-reactive ketones (excluding diaryl/α,β-unsaturated/α-hetero) is 1. The number of hydrogen-bond acceptors (Lipinski definition) is 11. The van der Waals surface area contributed by atoms with Gasteiger partial charge in [0.2, 0.25) is 0 Å². The molecule has 2 unspecified atom stereocenters. The first-order valence-corrected chi connectivity index (χ1v) is 12.7. The molecule has 11 heteroatoms. The van der Waals surface area contributed by atoms with Crippen molar-refractivity contribution < 1.29 is 52.5 Å². The fourth-order valence-electron chi connectivity index (χ4n) is 4.91. The Labute approximate surface area is 240 Å². The van der Waals surface area contributed by atoms with Gasteiger partial charge in [0.1, 0.15) is 28.7 Å². The maximum atomic E-state index is 14.1. The molecule has 1 aliphatic rings. The van der Waals surface area contributed by atoms with Gasteiger partial charge in [0, 0.05) is 63.8 Å². The molecule has 42 heavy (non-hydrogen) atoms. The van der Waals surface area contributed by atoms with Crippen LogP contribution in [0.5, 0.6) is 28.7 Å². The molecule has 3 aromatic carbocycles. The highest BCUT2D eigenvalue weighted by molar-refractivity contribution is 6.08. The second-order valence-electron chi connectivity index (χ2n) is 9.48. The first kappa shape index (κ1) is 29.7.